The highest BCUT2D eigenvalue weighted by Crippen LogP contribution is 2.56. The number of rotatable bonds is 2. The molecule has 0 spiro atoms. The van der Waals surface area contributed by atoms with Gasteiger partial charge in [-0.05, 0) is 89.4 Å². The molecule has 1 fully saturated rings. The van der Waals surface area contributed by atoms with Crippen molar-refractivity contribution in [1.29, 1.82) is 0 Å². The van der Waals surface area contributed by atoms with E-state index < -0.39 is 0 Å². The van der Waals surface area contributed by atoms with Gasteiger partial charge in [-0.15, -0.1) is 0 Å². The zero-order chi connectivity index (χ0) is 20.4. The number of hydrogen-bond acceptors (Lipinski definition) is 1. The Balaban J connectivity index is 2.15. The molecular weight excluding hydrogens is 326 g/mol. The van der Waals surface area contributed by atoms with Crippen molar-refractivity contribution in [2.24, 2.45) is 16.7 Å². The molecule has 0 bridgehead atoms. The number of benzene rings is 1. The third kappa shape index (κ3) is 3.71. The van der Waals surface area contributed by atoms with E-state index >= 15 is 0 Å². The molecule has 1 saturated carbocycles. The number of nitrogen functional groups attached to an aromatic ring is 1. The number of hydrogen-bond donors (Lipinski definition) is 1. The number of fused-ring (bicyclic) bond motifs is 3. The van der Waals surface area contributed by atoms with Gasteiger partial charge in [-0.3, -0.25) is 0 Å². The van der Waals surface area contributed by atoms with E-state index in [0.29, 0.717) is 11.3 Å². The lowest BCUT2D eigenvalue weighted by Gasteiger charge is -2.49. The Hall–Kier alpha value is -1.24. The average molecular weight is 368 g/mol. The molecule has 2 aliphatic carbocycles. The molecule has 1 nitrogen and oxygen atoms in total. The van der Waals surface area contributed by atoms with Gasteiger partial charge >= 0.3 is 0 Å². The number of allylic oxidation sites excluding steroid dienone is 1. The quantitative estimate of drug-likeness (QED) is 0.430. The standard InChI is InChI=1S/C26H41N/c1-16-10-11-20-19(12-16)22-17(2)23(27)21(13-18(22)14-25(20,6)7)26(8,9)15-24(3,4)5/h13,19-20H,1,10-12,14-15,27H2,2-9H3. The first-order valence-electron chi connectivity index (χ1n) is 10.8. The summed E-state index contributed by atoms with van der Waals surface area (Å²) in [6.07, 6.45) is 5.94. The topological polar surface area (TPSA) is 26.0 Å². The lowest BCUT2D eigenvalue weighted by Crippen LogP contribution is -2.39. The van der Waals surface area contributed by atoms with Crippen LogP contribution in [-0.2, 0) is 11.8 Å². The maximum Gasteiger partial charge on any atom is 0.0384 e. The van der Waals surface area contributed by atoms with Crippen LogP contribution >= 0.6 is 0 Å². The van der Waals surface area contributed by atoms with E-state index in [1.165, 1.54) is 36.0 Å². The van der Waals surface area contributed by atoms with Crippen LogP contribution in [0.3, 0.4) is 0 Å². The Morgan fingerprint density at radius 1 is 1.19 bits per heavy atom. The summed E-state index contributed by atoms with van der Waals surface area (Å²) in [5.74, 6) is 1.36. The molecule has 0 aromatic heterocycles. The van der Waals surface area contributed by atoms with Gasteiger partial charge in [-0.25, -0.2) is 0 Å². The number of anilines is 1. The van der Waals surface area contributed by atoms with Gasteiger partial charge in [0.25, 0.3) is 0 Å². The van der Waals surface area contributed by atoms with Gasteiger partial charge in [-0.2, -0.15) is 0 Å². The monoisotopic (exact) mass is 367 g/mol. The van der Waals surface area contributed by atoms with Crippen LogP contribution in [-0.4, -0.2) is 0 Å². The molecule has 1 aromatic rings. The lowest BCUT2D eigenvalue weighted by atomic mass is 9.55. The minimum absolute atomic E-state index is 0.0826. The predicted molar refractivity (Wildman–Crippen MR) is 119 cm³/mol. The van der Waals surface area contributed by atoms with E-state index in [1.807, 2.05) is 0 Å². The van der Waals surface area contributed by atoms with Crippen molar-refractivity contribution in [3.63, 3.8) is 0 Å². The molecule has 2 aliphatic rings. The molecule has 0 amide bonds. The molecule has 1 aromatic carbocycles. The summed E-state index contributed by atoms with van der Waals surface area (Å²) < 4.78 is 0. The first-order valence-corrected chi connectivity index (χ1v) is 10.8. The molecule has 0 saturated heterocycles. The van der Waals surface area contributed by atoms with Crippen LogP contribution in [0.2, 0.25) is 0 Å². The van der Waals surface area contributed by atoms with Crippen LogP contribution in [0.4, 0.5) is 5.69 Å². The Morgan fingerprint density at radius 3 is 2.41 bits per heavy atom. The summed E-state index contributed by atoms with van der Waals surface area (Å²) in [4.78, 5) is 0. The largest absolute Gasteiger partial charge is 0.398 e. The third-order valence-corrected chi connectivity index (χ3v) is 7.29. The van der Waals surface area contributed by atoms with Crippen molar-refractivity contribution in [1.82, 2.24) is 0 Å². The summed E-state index contributed by atoms with van der Waals surface area (Å²) in [6, 6.07) is 2.48. The van der Waals surface area contributed by atoms with Gasteiger partial charge in [0.1, 0.15) is 0 Å². The van der Waals surface area contributed by atoms with Crippen molar-refractivity contribution in [3.8, 4) is 0 Å². The van der Waals surface area contributed by atoms with Gasteiger partial charge in [0.15, 0.2) is 0 Å². The van der Waals surface area contributed by atoms with Gasteiger partial charge < -0.3 is 5.73 Å². The van der Waals surface area contributed by atoms with Gasteiger partial charge in [0.05, 0.1) is 0 Å². The Labute approximate surface area is 167 Å². The van der Waals surface area contributed by atoms with Crippen LogP contribution < -0.4 is 5.73 Å². The van der Waals surface area contributed by atoms with E-state index in [2.05, 4.69) is 68.0 Å². The molecule has 2 N–H and O–H groups in total. The van der Waals surface area contributed by atoms with E-state index in [-0.39, 0.29) is 10.8 Å². The summed E-state index contributed by atoms with van der Waals surface area (Å²) in [6.45, 7) is 23.3. The van der Waals surface area contributed by atoms with Crippen LogP contribution in [0.1, 0.15) is 102 Å². The second kappa shape index (κ2) is 6.39. The van der Waals surface area contributed by atoms with Gasteiger partial charge in [0, 0.05) is 5.69 Å². The third-order valence-electron chi connectivity index (χ3n) is 7.29. The van der Waals surface area contributed by atoms with E-state index in [4.69, 9.17) is 5.73 Å². The second-order valence-corrected chi connectivity index (χ2v) is 12.0. The molecule has 150 valence electrons. The van der Waals surface area contributed by atoms with Crippen molar-refractivity contribution in [2.75, 3.05) is 5.73 Å². The smallest absolute Gasteiger partial charge is 0.0384 e. The van der Waals surface area contributed by atoms with Crippen LogP contribution in [0, 0.1) is 23.7 Å². The Kier molecular flexibility index (Phi) is 4.85. The Morgan fingerprint density at radius 2 is 1.81 bits per heavy atom. The fourth-order valence-corrected chi connectivity index (χ4v) is 6.54. The van der Waals surface area contributed by atoms with Crippen LogP contribution in [0.25, 0.3) is 0 Å². The van der Waals surface area contributed by atoms with Crippen LogP contribution in [0.15, 0.2) is 18.2 Å². The first-order chi connectivity index (χ1) is 12.2. The summed E-state index contributed by atoms with van der Waals surface area (Å²) >= 11 is 0. The second-order valence-electron chi connectivity index (χ2n) is 12.0. The highest BCUT2D eigenvalue weighted by molar-refractivity contribution is 5.63. The summed E-state index contributed by atoms with van der Waals surface area (Å²) in [5, 5.41) is 0. The zero-order valence-electron chi connectivity index (χ0n) is 19.1. The molecule has 0 heterocycles. The normalized spacial score (nSPS) is 25.1. The van der Waals surface area contributed by atoms with Gasteiger partial charge in [-0.1, -0.05) is 66.7 Å². The minimum Gasteiger partial charge on any atom is -0.398 e. The molecule has 3 rings (SSSR count). The van der Waals surface area contributed by atoms with E-state index in [1.54, 1.807) is 11.1 Å². The SMILES string of the molecule is C=C1CCC2C(C1)c1c(cc(C(C)(C)CC(C)(C)C)c(N)c1C)CC2(C)C. The van der Waals surface area contributed by atoms with Crippen molar-refractivity contribution in [2.45, 2.75) is 98.8 Å². The Bertz CT molecular complexity index is 757. The molecule has 0 radical (unpaired) electrons. The molecule has 0 aliphatic heterocycles. The van der Waals surface area contributed by atoms with Crippen LogP contribution in [0.5, 0.6) is 0 Å². The summed E-state index contributed by atoms with van der Waals surface area (Å²) in [5.41, 5.74) is 15.8. The van der Waals surface area contributed by atoms with E-state index in [0.717, 1.165) is 24.4 Å². The molecule has 2 atom stereocenters. The highest BCUT2D eigenvalue weighted by Gasteiger charge is 2.45. The molecular formula is C26H41N. The fourth-order valence-electron chi connectivity index (χ4n) is 6.54. The lowest BCUT2D eigenvalue weighted by molar-refractivity contribution is 0.131. The van der Waals surface area contributed by atoms with E-state index in [9.17, 15) is 0 Å². The maximum atomic E-state index is 6.81. The average Bonchev–Trinajstić information content (AvgIpc) is 2.47. The van der Waals surface area contributed by atoms with Crippen molar-refractivity contribution in [3.05, 3.63) is 40.5 Å². The van der Waals surface area contributed by atoms with Crippen molar-refractivity contribution >= 4 is 5.69 Å². The minimum atomic E-state index is 0.0826. The first kappa shape index (κ1) is 20.5. The molecule has 1 heteroatoms. The zero-order valence-corrected chi connectivity index (χ0v) is 19.1. The van der Waals surface area contributed by atoms with Crippen molar-refractivity contribution < 1.29 is 0 Å². The van der Waals surface area contributed by atoms with Gasteiger partial charge in [0.2, 0.25) is 0 Å². The maximum absolute atomic E-state index is 6.81. The predicted octanol–water partition coefficient (Wildman–Crippen LogP) is 7.31. The highest BCUT2D eigenvalue weighted by atomic mass is 14.6. The number of nitrogens with two attached hydrogens (primary N) is 1. The molecule has 2 unspecified atom stereocenters. The fraction of sp³-hybridized carbons (Fsp3) is 0.692. The summed E-state index contributed by atoms with van der Waals surface area (Å²) in [7, 11) is 0. The molecule has 27 heavy (non-hydrogen) atoms.